The van der Waals surface area contributed by atoms with E-state index in [9.17, 15) is 9.18 Å². The highest BCUT2D eigenvalue weighted by molar-refractivity contribution is 5.73. The number of hydrogen-bond acceptors (Lipinski definition) is 2. The van der Waals surface area contributed by atoms with Gasteiger partial charge < -0.3 is 15.0 Å². The molecule has 0 atom stereocenters. The molecule has 23 heavy (non-hydrogen) atoms. The van der Waals surface area contributed by atoms with Gasteiger partial charge in [-0.05, 0) is 28.8 Å². The molecule has 0 radical (unpaired) electrons. The molecule has 0 spiro atoms. The van der Waals surface area contributed by atoms with Crippen LogP contribution in [0.2, 0.25) is 0 Å². The van der Waals surface area contributed by atoms with Crippen molar-refractivity contribution in [2.24, 2.45) is 0 Å². The van der Waals surface area contributed by atoms with Crippen molar-refractivity contribution in [3.8, 4) is 0 Å². The van der Waals surface area contributed by atoms with Crippen LogP contribution in [0.25, 0.3) is 0 Å². The SMILES string of the molecule is COCc1ccccc1CNC(=O)N(C)Cc1ccc(F)cc1. The average Bonchev–Trinajstić information content (AvgIpc) is 2.56. The van der Waals surface area contributed by atoms with E-state index in [-0.39, 0.29) is 11.8 Å². The minimum atomic E-state index is -0.282. The van der Waals surface area contributed by atoms with Gasteiger partial charge in [0.05, 0.1) is 6.61 Å². The summed E-state index contributed by atoms with van der Waals surface area (Å²) in [7, 11) is 3.35. The summed E-state index contributed by atoms with van der Waals surface area (Å²) in [4.78, 5) is 13.7. The Labute approximate surface area is 135 Å². The molecule has 0 bridgehead atoms. The molecule has 0 aromatic heterocycles. The third kappa shape index (κ3) is 5.07. The summed E-state index contributed by atoms with van der Waals surface area (Å²) in [5.74, 6) is -0.282. The molecule has 2 aromatic carbocycles. The Bertz CT molecular complexity index is 644. The fourth-order valence-corrected chi connectivity index (χ4v) is 2.27. The Hall–Kier alpha value is -2.40. The van der Waals surface area contributed by atoms with Gasteiger partial charge in [0.2, 0.25) is 0 Å². The minimum Gasteiger partial charge on any atom is -0.380 e. The number of nitrogens with one attached hydrogen (secondary N) is 1. The van der Waals surface area contributed by atoms with Crippen LogP contribution in [0.4, 0.5) is 9.18 Å². The van der Waals surface area contributed by atoms with Crippen LogP contribution in [0.1, 0.15) is 16.7 Å². The molecule has 0 aliphatic carbocycles. The Morgan fingerprint density at radius 1 is 1.13 bits per heavy atom. The molecule has 0 aliphatic rings. The van der Waals surface area contributed by atoms with Crippen LogP contribution in [-0.4, -0.2) is 25.1 Å². The normalized spacial score (nSPS) is 10.4. The van der Waals surface area contributed by atoms with Gasteiger partial charge in [-0.1, -0.05) is 36.4 Å². The number of hydrogen-bond donors (Lipinski definition) is 1. The van der Waals surface area contributed by atoms with E-state index in [0.29, 0.717) is 19.7 Å². The molecule has 2 aromatic rings. The first-order valence-corrected chi connectivity index (χ1v) is 7.39. The van der Waals surface area contributed by atoms with Crippen molar-refractivity contribution >= 4 is 6.03 Å². The van der Waals surface area contributed by atoms with E-state index < -0.39 is 0 Å². The Kier molecular flexibility index (Phi) is 6.11. The number of methoxy groups -OCH3 is 1. The Morgan fingerprint density at radius 3 is 2.43 bits per heavy atom. The standard InChI is InChI=1S/C18H21FN2O2/c1-21(12-14-7-9-17(19)10-8-14)18(22)20-11-15-5-3-4-6-16(15)13-23-2/h3-10H,11-13H2,1-2H3,(H,20,22). The van der Waals surface area contributed by atoms with Crippen LogP contribution in [0, 0.1) is 5.82 Å². The van der Waals surface area contributed by atoms with Crippen LogP contribution in [0.5, 0.6) is 0 Å². The lowest BCUT2D eigenvalue weighted by atomic mass is 10.1. The number of carbonyl (C=O) groups is 1. The molecular weight excluding hydrogens is 295 g/mol. The van der Waals surface area contributed by atoms with Crippen molar-refractivity contribution in [2.75, 3.05) is 14.2 Å². The number of ether oxygens (including phenoxy) is 1. The molecule has 0 saturated heterocycles. The largest absolute Gasteiger partial charge is 0.380 e. The maximum Gasteiger partial charge on any atom is 0.317 e. The van der Waals surface area contributed by atoms with Gasteiger partial charge in [-0.2, -0.15) is 0 Å². The summed E-state index contributed by atoms with van der Waals surface area (Å²) >= 11 is 0. The maximum absolute atomic E-state index is 12.9. The number of benzene rings is 2. The van der Waals surface area contributed by atoms with Crippen LogP contribution in [-0.2, 0) is 24.4 Å². The van der Waals surface area contributed by atoms with Crippen molar-refractivity contribution < 1.29 is 13.9 Å². The van der Waals surface area contributed by atoms with Crippen LogP contribution >= 0.6 is 0 Å². The topological polar surface area (TPSA) is 41.6 Å². The third-order valence-corrected chi connectivity index (χ3v) is 3.53. The highest BCUT2D eigenvalue weighted by atomic mass is 19.1. The van der Waals surface area contributed by atoms with Crippen LogP contribution in [0.15, 0.2) is 48.5 Å². The number of rotatable bonds is 6. The first-order valence-electron chi connectivity index (χ1n) is 7.39. The van der Waals surface area contributed by atoms with E-state index in [1.54, 1.807) is 31.2 Å². The van der Waals surface area contributed by atoms with E-state index in [4.69, 9.17) is 4.74 Å². The van der Waals surface area contributed by atoms with Crippen molar-refractivity contribution in [3.05, 3.63) is 71.0 Å². The molecular formula is C18H21FN2O2. The first kappa shape index (κ1) is 17.0. The lowest BCUT2D eigenvalue weighted by Gasteiger charge is -2.19. The fourth-order valence-electron chi connectivity index (χ4n) is 2.27. The van der Waals surface area contributed by atoms with Gasteiger partial charge in [-0.3, -0.25) is 0 Å². The van der Waals surface area contributed by atoms with E-state index >= 15 is 0 Å². The first-order chi connectivity index (χ1) is 11.1. The Balaban J connectivity index is 1.90. The van der Waals surface area contributed by atoms with Crippen molar-refractivity contribution in [1.29, 1.82) is 0 Å². The van der Waals surface area contributed by atoms with Gasteiger partial charge in [0.15, 0.2) is 0 Å². The summed E-state index contributed by atoms with van der Waals surface area (Å²) in [6, 6.07) is 13.8. The molecule has 2 amide bonds. The van der Waals surface area contributed by atoms with Crippen molar-refractivity contribution in [1.82, 2.24) is 10.2 Å². The molecule has 0 unspecified atom stereocenters. The Morgan fingerprint density at radius 2 is 1.78 bits per heavy atom. The number of amides is 2. The summed E-state index contributed by atoms with van der Waals surface area (Å²) in [6.07, 6.45) is 0. The van der Waals surface area contributed by atoms with E-state index in [1.165, 1.54) is 12.1 Å². The summed E-state index contributed by atoms with van der Waals surface area (Å²) in [6.45, 7) is 1.37. The monoisotopic (exact) mass is 316 g/mol. The average molecular weight is 316 g/mol. The van der Waals surface area contributed by atoms with Gasteiger partial charge in [-0.15, -0.1) is 0 Å². The zero-order chi connectivity index (χ0) is 16.7. The predicted molar refractivity (Wildman–Crippen MR) is 87.3 cm³/mol. The quantitative estimate of drug-likeness (QED) is 0.888. The number of urea groups is 1. The summed E-state index contributed by atoms with van der Waals surface area (Å²) in [5.41, 5.74) is 2.96. The minimum absolute atomic E-state index is 0.179. The zero-order valence-electron chi connectivity index (χ0n) is 13.4. The highest BCUT2D eigenvalue weighted by Crippen LogP contribution is 2.10. The second-order valence-electron chi connectivity index (χ2n) is 5.34. The van der Waals surface area contributed by atoms with Gasteiger partial charge in [-0.25, -0.2) is 9.18 Å². The van der Waals surface area contributed by atoms with Gasteiger partial charge in [0.25, 0.3) is 0 Å². The van der Waals surface area contributed by atoms with Crippen LogP contribution < -0.4 is 5.32 Å². The molecule has 122 valence electrons. The number of halogens is 1. The summed E-state index contributed by atoms with van der Waals surface area (Å²) < 4.78 is 18.0. The smallest absolute Gasteiger partial charge is 0.317 e. The van der Waals surface area contributed by atoms with E-state index in [1.807, 2.05) is 24.3 Å². The van der Waals surface area contributed by atoms with Crippen LogP contribution in [0.3, 0.4) is 0 Å². The molecule has 2 rings (SSSR count). The molecule has 0 heterocycles. The predicted octanol–water partition coefficient (Wildman–Crippen LogP) is 3.31. The lowest BCUT2D eigenvalue weighted by Crippen LogP contribution is -2.36. The fraction of sp³-hybridized carbons (Fsp3) is 0.278. The zero-order valence-corrected chi connectivity index (χ0v) is 13.4. The van der Waals surface area contributed by atoms with E-state index in [0.717, 1.165) is 16.7 Å². The third-order valence-electron chi connectivity index (χ3n) is 3.53. The van der Waals surface area contributed by atoms with E-state index in [2.05, 4.69) is 5.32 Å². The molecule has 4 nitrogen and oxygen atoms in total. The van der Waals surface area contributed by atoms with Gasteiger partial charge in [0, 0.05) is 27.2 Å². The molecule has 0 fully saturated rings. The second-order valence-corrected chi connectivity index (χ2v) is 5.34. The van der Waals surface area contributed by atoms with Gasteiger partial charge >= 0.3 is 6.03 Å². The molecule has 0 saturated carbocycles. The maximum atomic E-state index is 12.9. The lowest BCUT2D eigenvalue weighted by molar-refractivity contribution is 0.183. The number of nitrogens with zero attached hydrogens (tertiary/aromatic N) is 1. The van der Waals surface area contributed by atoms with Crippen molar-refractivity contribution in [2.45, 2.75) is 19.7 Å². The van der Waals surface area contributed by atoms with Crippen molar-refractivity contribution in [3.63, 3.8) is 0 Å². The highest BCUT2D eigenvalue weighted by Gasteiger charge is 2.10. The molecule has 5 heteroatoms. The second kappa shape index (κ2) is 8.29. The number of carbonyl (C=O) groups excluding carboxylic acids is 1. The molecule has 1 N–H and O–H groups in total. The van der Waals surface area contributed by atoms with Gasteiger partial charge in [0.1, 0.15) is 5.82 Å². The summed E-state index contributed by atoms with van der Waals surface area (Å²) in [5, 5.41) is 2.89. The molecule has 0 aliphatic heterocycles.